The molecule has 5 heteroatoms. The molecule has 0 saturated carbocycles. The molecule has 108 valence electrons. The van der Waals surface area contributed by atoms with E-state index in [1.807, 2.05) is 19.9 Å². The quantitative estimate of drug-likeness (QED) is 0.857. The number of rotatable bonds is 5. The zero-order valence-electron chi connectivity index (χ0n) is 12.1. The van der Waals surface area contributed by atoms with Crippen LogP contribution in [-0.2, 0) is 11.2 Å². The first kappa shape index (κ1) is 14.8. The van der Waals surface area contributed by atoms with Gasteiger partial charge in [-0.05, 0) is 18.2 Å². The van der Waals surface area contributed by atoms with Gasteiger partial charge in [-0.1, -0.05) is 31.0 Å². The van der Waals surface area contributed by atoms with Crippen molar-refractivity contribution >= 4 is 11.6 Å². The summed E-state index contributed by atoms with van der Waals surface area (Å²) in [5.74, 6) is 3.76. The van der Waals surface area contributed by atoms with E-state index in [9.17, 15) is 4.79 Å². The number of benzene rings is 1. The Labute approximate surface area is 123 Å². The Hall–Kier alpha value is -2.61. The number of carbonyl (C=O) groups is 1. The summed E-state index contributed by atoms with van der Waals surface area (Å²) in [4.78, 5) is 16.1. The molecule has 2 rings (SSSR count). The van der Waals surface area contributed by atoms with Crippen molar-refractivity contribution in [3.8, 4) is 12.3 Å². The first-order valence-electron chi connectivity index (χ1n) is 6.77. The molecule has 0 bridgehead atoms. The van der Waals surface area contributed by atoms with Crippen molar-refractivity contribution in [1.82, 2.24) is 10.1 Å². The lowest BCUT2D eigenvalue weighted by Crippen LogP contribution is -2.12. The lowest BCUT2D eigenvalue weighted by molar-refractivity contribution is -0.116. The molecular formula is C16H17N3O2. The SMILES string of the molecule is C#Cc1cccc(NC(=O)CCc2nc(C(C)C)no2)c1. The highest BCUT2D eigenvalue weighted by Crippen LogP contribution is 2.12. The fraction of sp³-hybridized carbons (Fsp3) is 0.312. The number of amides is 1. The topological polar surface area (TPSA) is 68.0 Å². The second-order valence-electron chi connectivity index (χ2n) is 4.97. The molecule has 1 amide bonds. The maximum absolute atomic E-state index is 11.9. The van der Waals surface area contributed by atoms with Gasteiger partial charge in [-0.3, -0.25) is 4.79 Å². The van der Waals surface area contributed by atoms with Gasteiger partial charge in [0.2, 0.25) is 11.8 Å². The molecule has 0 atom stereocenters. The maximum Gasteiger partial charge on any atom is 0.227 e. The van der Waals surface area contributed by atoms with Gasteiger partial charge in [0.25, 0.3) is 0 Å². The molecule has 5 nitrogen and oxygen atoms in total. The maximum atomic E-state index is 11.9. The molecule has 0 aliphatic rings. The first-order chi connectivity index (χ1) is 10.1. The monoisotopic (exact) mass is 283 g/mol. The van der Waals surface area contributed by atoms with Gasteiger partial charge in [-0.25, -0.2) is 0 Å². The zero-order valence-corrected chi connectivity index (χ0v) is 12.1. The van der Waals surface area contributed by atoms with Crippen molar-refractivity contribution in [2.24, 2.45) is 0 Å². The van der Waals surface area contributed by atoms with E-state index >= 15 is 0 Å². The van der Waals surface area contributed by atoms with Gasteiger partial charge in [0.05, 0.1) is 0 Å². The Bertz CT molecular complexity index is 668. The van der Waals surface area contributed by atoms with Crippen LogP contribution < -0.4 is 5.32 Å². The van der Waals surface area contributed by atoms with E-state index in [1.54, 1.807) is 18.2 Å². The van der Waals surface area contributed by atoms with E-state index < -0.39 is 0 Å². The summed E-state index contributed by atoms with van der Waals surface area (Å²) >= 11 is 0. The molecular weight excluding hydrogens is 266 g/mol. The van der Waals surface area contributed by atoms with Crippen molar-refractivity contribution < 1.29 is 9.32 Å². The van der Waals surface area contributed by atoms with Crippen LogP contribution in [0.5, 0.6) is 0 Å². The highest BCUT2D eigenvalue weighted by molar-refractivity contribution is 5.90. The third-order valence-electron chi connectivity index (χ3n) is 2.88. The third kappa shape index (κ3) is 4.18. The number of hydrogen-bond acceptors (Lipinski definition) is 4. The number of terminal acetylenes is 1. The summed E-state index contributed by atoms with van der Waals surface area (Å²) in [6.45, 7) is 3.97. The van der Waals surface area contributed by atoms with Gasteiger partial charge in [-0.15, -0.1) is 6.42 Å². The number of hydrogen-bond donors (Lipinski definition) is 1. The fourth-order valence-corrected chi connectivity index (χ4v) is 1.73. The summed E-state index contributed by atoms with van der Waals surface area (Å²) in [5.41, 5.74) is 1.41. The van der Waals surface area contributed by atoms with E-state index in [0.29, 0.717) is 23.8 Å². The van der Waals surface area contributed by atoms with Crippen LogP contribution in [0.3, 0.4) is 0 Å². The van der Waals surface area contributed by atoms with Crippen LogP contribution in [0.1, 0.15) is 43.5 Å². The van der Waals surface area contributed by atoms with E-state index in [0.717, 1.165) is 5.56 Å². The Kier molecular flexibility index (Phi) is 4.72. The van der Waals surface area contributed by atoms with E-state index in [4.69, 9.17) is 10.9 Å². The summed E-state index contributed by atoms with van der Waals surface area (Å²) < 4.78 is 5.10. The fourth-order valence-electron chi connectivity index (χ4n) is 1.73. The molecule has 0 saturated heterocycles. The molecule has 1 aromatic carbocycles. The Morgan fingerprint density at radius 2 is 2.29 bits per heavy atom. The van der Waals surface area contributed by atoms with Gasteiger partial charge in [0, 0.05) is 30.0 Å². The average molecular weight is 283 g/mol. The minimum absolute atomic E-state index is 0.117. The molecule has 1 N–H and O–H groups in total. The third-order valence-corrected chi connectivity index (χ3v) is 2.88. The van der Waals surface area contributed by atoms with Gasteiger partial charge in [-0.2, -0.15) is 4.98 Å². The van der Waals surface area contributed by atoms with Crippen molar-refractivity contribution in [3.63, 3.8) is 0 Å². The Morgan fingerprint density at radius 1 is 1.48 bits per heavy atom. The summed E-state index contributed by atoms with van der Waals surface area (Å²) in [6.07, 6.45) is 6.02. The standard InChI is InChI=1S/C16H17N3O2/c1-4-12-6-5-7-13(10-12)17-14(20)8-9-15-18-16(11(2)3)19-21-15/h1,5-7,10-11H,8-9H2,2-3H3,(H,17,20). The highest BCUT2D eigenvalue weighted by atomic mass is 16.5. The van der Waals surface area contributed by atoms with Gasteiger partial charge >= 0.3 is 0 Å². The number of carbonyl (C=O) groups excluding carboxylic acids is 1. The number of aryl methyl sites for hydroxylation is 1. The van der Waals surface area contributed by atoms with Crippen LogP contribution in [0.4, 0.5) is 5.69 Å². The highest BCUT2D eigenvalue weighted by Gasteiger charge is 2.11. The second kappa shape index (κ2) is 6.71. The molecule has 0 aliphatic heterocycles. The molecule has 0 spiro atoms. The number of aromatic nitrogens is 2. The van der Waals surface area contributed by atoms with Crippen molar-refractivity contribution in [1.29, 1.82) is 0 Å². The van der Waals surface area contributed by atoms with Crippen LogP contribution in [0.2, 0.25) is 0 Å². The van der Waals surface area contributed by atoms with E-state index in [-0.39, 0.29) is 18.2 Å². The summed E-state index contributed by atoms with van der Waals surface area (Å²) in [5, 5.41) is 6.65. The zero-order chi connectivity index (χ0) is 15.2. The minimum Gasteiger partial charge on any atom is -0.339 e. The Morgan fingerprint density at radius 3 is 2.95 bits per heavy atom. The van der Waals surface area contributed by atoms with Crippen molar-refractivity contribution in [3.05, 3.63) is 41.5 Å². The number of nitrogens with one attached hydrogen (secondary N) is 1. The predicted octanol–water partition coefficient (Wildman–Crippen LogP) is 2.75. The molecule has 21 heavy (non-hydrogen) atoms. The van der Waals surface area contributed by atoms with Crippen LogP contribution in [0, 0.1) is 12.3 Å². The second-order valence-corrected chi connectivity index (χ2v) is 4.97. The largest absolute Gasteiger partial charge is 0.339 e. The molecule has 0 radical (unpaired) electrons. The molecule has 2 aromatic rings. The average Bonchev–Trinajstić information content (AvgIpc) is 2.94. The summed E-state index contributed by atoms with van der Waals surface area (Å²) in [6, 6.07) is 7.16. The van der Waals surface area contributed by atoms with E-state index in [2.05, 4.69) is 21.4 Å². The normalized spacial score (nSPS) is 10.4. The van der Waals surface area contributed by atoms with Crippen molar-refractivity contribution in [2.45, 2.75) is 32.6 Å². The smallest absolute Gasteiger partial charge is 0.227 e. The minimum atomic E-state index is -0.117. The number of nitrogens with zero attached hydrogens (tertiary/aromatic N) is 2. The van der Waals surface area contributed by atoms with Crippen LogP contribution in [-0.4, -0.2) is 16.0 Å². The van der Waals surface area contributed by atoms with Crippen LogP contribution in [0.15, 0.2) is 28.8 Å². The van der Waals surface area contributed by atoms with Crippen LogP contribution >= 0.6 is 0 Å². The van der Waals surface area contributed by atoms with Gasteiger partial charge in [0.1, 0.15) is 0 Å². The predicted molar refractivity (Wildman–Crippen MR) is 79.7 cm³/mol. The number of anilines is 1. The lowest BCUT2D eigenvalue weighted by atomic mass is 10.2. The van der Waals surface area contributed by atoms with Gasteiger partial charge < -0.3 is 9.84 Å². The molecule has 0 unspecified atom stereocenters. The molecule has 0 aliphatic carbocycles. The lowest BCUT2D eigenvalue weighted by Gasteiger charge is -2.04. The Balaban J connectivity index is 1.88. The van der Waals surface area contributed by atoms with Crippen LogP contribution in [0.25, 0.3) is 0 Å². The first-order valence-corrected chi connectivity index (χ1v) is 6.77. The molecule has 1 aromatic heterocycles. The van der Waals surface area contributed by atoms with Crippen molar-refractivity contribution in [2.75, 3.05) is 5.32 Å². The van der Waals surface area contributed by atoms with Gasteiger partial charge in [0.15, 0.2) is 5.82 Å². The summed E-state index contributed by atoms with van der Waals surface area (Å²) in [7, 11) is 0. The van der Waals surface area contributed by atoms with E-state index in [1.165, 1.54) is 0 Å². The molecule has 1 heterocycles. The molecule has 0 fully saturated rings.